The lowest BCUT2D eigenvalue weighted by molar-refractivity contribution is -0.147. The molecule has 0 aromatic carbocycles. The summed E-state index contributed by atoms with van der Waals surface area (Å²) in [6.07, 6.45) is 11.3. The molecule has 0 bridgehead atoms. The minimum Gasteiger partial charge on any atom is -0.458 e. The van der Waals surface area contributed by atoms with Crippen molar-refractivity contribution in [1.29, 1.82) is 0 Å². The minimum atomic E-state index is -1.10. The number of aliphatic hydroxyl groups is 8. The molecule has 0 aromatic rings. The molecule has 46 heavy (non-hydrogen) atoms. The standard InChI is InChI=1S/C36H58O10/c1-24(2)36-25(3)16-17-27(37)18-28(38)19-29(39)20-30(40)21-31(41)22-32(42)23-34(44)26(4)33(43)14-12-10-8-6-5-7-9-11-13-15-35(45)46-36/h5-13,15-17,24-34,36-44H,14,18-23H2,1-4H3/b7-5-,8-6-,11-9-,12-10-,15-13-,17-16-/t25-,26-,27+,28+,29+,30+,31+,32+,33-,34+,36-/m1/s1. The molecule has 11 atom stereocenters. The van der Waals surface area contributed by atoms with Crippen LogP contribution in [0, 0.1) is 17.8 Å². The second-order valence-corrected chi connectivity index (χ2v) is 12.8. The van der Waals surface area contributed by atoms with Gasteiger partial charge in [0.25, 0.3) is 0 Å². The molecule has 0 aliphatic carbocycles. The molecule has 1 rings (SSSR count). The number of rotatable bonds is 1. The van der Waals surface area contributed by atoms with Crippen LogP contribution in [0.5, 0.6) is 0 Å². The number of allylic oxidation sites excluding steroid dienone is 8. The van der Waals surface area contributed by atoms with E-state index in [0.717, 1.165) is 0 Å². The maximum absolute atomic E-state index is 12.4. The van der Waals surface area contributed by atoms with Gasteiger partial charge in [-0.1, -0.05) is 94.5 Å². The number of carbonyl (C=O) groups excluding carboxylic acids is 1. The van der Waals surface area contributed by atoms with Gasteiger partial charge in [-0.15, -0.1) is 0 Å². The van der Waals surface area contributed by atoms with Crippen LogP contribution in [-0.2, 0) is 9.53 Å². The smallest absolute Gasteiger partial charge is 0.331 e. The van der Waals surface area contributed by atoms with Crippen molar-refractivity contribution in [3.05, 3.63) is 72.9 Å². The number of hydrogen-bond acceptors (Lipinski definition) is 10. The quantitative estimate of drug-likeness (QED) is 0.155. The number of aliphatic hydroxyl groups excluding tert-OH is 8. The van der Waals surface area contributed by atoms with Gasteiger partial charge in [0.2, 0.25) is 0 Å². The second kappa shape index (κ2) is 23.0. The van der Waals surface area contributed by atoms with E-state index in [1.165, 1.54) is 12.2 Å². The Morgan fingerprint density at radius 1 is 0.609 bits per heavy atom. The lowest BCUT2D eigenvalue weighted by Crippen LogP contribution is -2.34. The minimum absolute atomic E-state index is 0.00324. The Kier molecular flexibility index (Phi) is 20.8. The highest BCUT2D eigenvalue weighted by molar-refractivity contribution is 5.82. The molecule has 262 valence electrons. The van der Waals surface area contributed by atoms with Crippen LogP contribution in [0.15, 0.2) is 72.9 Å². The zero-order valence-corrected chi connectivity index (χ0v) is 27.7. The average molecular weight is 651 g/mol. The predicted molar refractivity (Wildman–Crippen MR) is 178 cm³/mol. The van der Waals surface area contributed by atoms with E-state index in [-0.39, 0.29) is 50.4 Å². The van der Waals surface area contributed by atoms with Gasteiger partial charge in [-0.25, -0.2) is 4.79 Å². The van der Waals surface area contributed by atoms with Gasteiger partial charge >= 0.3 is 5.97 Å². The number of carbonyl (C=O) groups is 1. The highest BCUT2D eigenvalue weighted by Gasteiger charge is 2.27. The molecule has 0 radical (unpaired) electrons. The van der Waals surface area contributed by atoms with Crippen molar-refractivity contribution in [2.45, 2.75) is 128 Å². The SMILES string of the molecule is CC(C)[C@H]1OC(=O)\C=C/C=C\C=C/C=C\C=C/C[C@@H](O)[C@@H](C)[C@@H](O)C[C@@H](O)C[C@@H](O)C[C@@H](O)C[C@@H](O)C[C@@H](O)C[C@@H](O)/C=C\[C@H]1C. The lowest BCUT2D eigenvalue weighted by atomic mass is 9.90. The van der Waals surface area contributed by atoms with Crippen LogP contribution < -0.4 is 0 Å². The molecule has 10 heteroatoms. The Morgan fingerprint density at radius 2 is 1.07 bits per heavy atom. The van der Waals surface area contributed by atoms with Crippen molar-refractivity contribution >= 4 is 5.97 Å². The van der Waals surface area contributed by atoms with Crippen molar-refractivity contribution in [2.24, 2.45) is 17.8 Å². The Labute approximate surface area is 274 Å². The van der Waals surface area contributed by atoms with E-state index in [9.17, 15) is 45.6 Å². The third kappa shape index (κ3) is 18.7. The fourth-order valence-electron chi connectivity index (χ4n) is 5.31. The zero-order chi connectivity index (χ0) is 34.6. The average Bonchev–Trinajstić information content (AvgIpc) is 2.95. The summed E-state index contributed by atoms with van der Waals surface area (Å²) in [5.41, 5.74) is 0. The monoisotopic (exact) mass is 650 g/mol. The molecule has 0 unspecified atom stereocenters. The van der Waals surface area contributed by atoms with E-state index < -0.39 is 66.8 Å². The first-order valence-electron chi connectivity index (χ1n) is 16.4. The summed E-state index contributed by atoms with van der Waals surface area (Å²) in [4.78, 5) is 12.4. The van der Waals surface area contributed by atoms with E-state index in [2.05, 4.69) is 0 Å². The van der Waals surface area contributed by atoms with Crippen LogP contribution in [0.4, 0.5) is 0 Å². The number of ether oxygens (including phenoxy) is 1. The Morgan fingerprint density at radius 3 is 1.59 bits per heavy atom. The summed E-state index contributed by atoms with van der Waals surface area (Å²) < 4.78 is 5.65. The van der Waals surface area contributed by atoms with Crippen LogP contribution in [0.25, 0.3) is 0 Å². The molecule has 0 saturated carbocycles. The first-order chi connectivity index (χ1) is 21.7. The lowest BCUT2D eigenvalue weighted by Gasteiger charge is -2.26. The molecule has 0 saturated heterocycles. The molecule has 0 aromatic heterocycles. The molecule has 0 amide bonds. The van der Waals surface area contributed by atoms with Gasteiger partial charge in [0.15, 0.2) is 0 Å². The number of cyclic esters (lactones) is 1. The molecule has 10 nitrogen and oxygen atoms in total. The third-order valence-corrected chi connectivity index (χ3v) is 8.01. The molecule has 0 spiro atoms. The van der Waals surface area contributed by atoms with E-state index in [4.69, 9.17) is 4.74 Å². The Balaban J connectivity index is 2.98. The van der Waals surface area contributed by atoms with Gasteiger partial charge in [-0.2, -0.15) is 0 Å². The van der Waals surface area contributed by atoms with Crippen LogP contribution in [0.2, 0.25) is 0 Å². The molecule has 1 aliphatic heterocycles. The number of esters is 1. The summed E-state index contributed by atoms with van der Waals surface area (Å²) in [6.45, 7) is 7.40. The van der Waals surface area contributed by atoms with Gasteiger partial charge in [0.05, 0.1) is 48.8 Å². The zero-order valence-electron chi connectivity index (χ0n) is 27.7. The summed E-state index contributed by atoms with van der Waals surface area (Å²) in [6, 6.07) is 0. The van der Waals surface area contributed by atoms with E-state index in [1.807, 2.05) is 20.8 Å². The first-order valence-corrected chi connectivity index (χ1v) is 16.4. The van der Waals surface area contributed by atoms with E-state index in [1.54, 1.807) is 67.7 Å². The van der Waals surface area contributed by atoms with Crippen LogP contribution >= 0.6 is 0 Å². The van der Waals surface area contributed by atoms with Crippen molar-refractivity contribution in [2.75, 3.05) is 0 Å². The molecule has 8 N–H and O–H groups in total. The Hall–Kier alpha value is -2.41. The summed E-state index contributed by atoms with van der Waals surface area (Å²) in [5, 5.41) is 83.2. The maximum atomic E-state index is 12.4. The van der Waals surface area contributed by atoms with Gasteiger partial charge in [0.1, 0.15) is 6.10 Å². The van der Waals surface area contributed by atoms with Gasteiger partial charge in [0, 0.05) is 24.3 Å². The Bertz CT molecular complexity index is 1020. The van der Waals surface area contributed by atoms with Crippen LogP contribution in [-0.4, -0.2) is 102 Å². The fraction of sp³-hybridized carbons (Fsp3) is 0.639. The predicted octanol–water partition coefficient (Wildman–Crippen LogP) is 2.80. The number of hydrogen-bond donors (Lipinski definition) is 8. The highest BCUT2D eigenvalue weighted by Crippen LogP contribution is 2.22. The van der Waals surface area contributed by atoms with Crippen molar-refractivity contribution < 1.29 is 50.4 Å². The van der Waals surface area contributed by atoms with Crippen molar-refractivity contribution in [1.82, 2.24) is 0 Å². The van der Waals surface area contributed by atoms with Crippen LogP contribution in [0.3, 0.4) is 0 Å². The maximum Gasteiger partial charge on any atom is 0.331 e. The topological polar surface area (TPSA) is 188 Å². The van der Waals surface area contributed by atoms with Gasteiger partial charge in [-0.3, -0.25) is 0 Å². The van der Waals surface area contributed by atoms with Gasteiger partial charge in [-0.05, 0) is 44.4 Å². The fourth-order valence-corrected chi connectivity index (χ4v) is 5.31. The molecule has 1 aliphatic rings. The molecule has 1 heterocycles. The van der Waals surface area contributed by atoms with Crippen molar-refractivity contribution in [3.63, 3.8) is 0 Å². The molecular formula is C36H58O10. The largest absolute Gasteiger partial charge is 0.458 e. The molecule has 0 fully saturated rings. The third-order valence-electron chi connectivity index (χ3n) is 8.01. The first kappa shape index (κ1) is 41.6. The second-order valence-electron chi connectivity index (χ2n) is 12.8. The molecular weight excluding hydrogens is 592 g/mol. The van der Waals surface area contributed by atoms with Crippen LogP contribution in [0.1, 0.15) is 72.6 Å². The summed E-state index contributed by atoms with van der Waals surface area (Å²) in [7, 11) is 0. The summed E-state index contributed by atoms with van der Waals surface area (Å²) >= 11 is 0. The van der Waals surface area contributed by atoms with E-state index in [0.29, 0.717) is 6.42 Å². The normalized spacial score (nSPS) is 40.4. The van der Waals surface area contributed by atoms with E-state index >= 15 is 0 Å². The van der Waals surface area contributed by atoms with Crippen molar-refractivity contribution in [3.8, 4) is 0 Å². The summed E-state index contributed by atoms with van der Waals surface area (Å²) in [5.74, 6) is -1.25. The highest BCUT2D eigenvalue weighted by atomic mass is 16.5. The van der Waals surface area contributed by atoms with Gasteiger partial charge < -0.3 is 45.6 Å².